The third-order valence-electron chi connectivity index (χ3n) is 4.05. The van der Waals surface area contributed by atoms with Crippen LogP contribution in [-0.4, -0.2) is 25.7 Å². The van der Waals surface area contributed by atoms with Gasteiger partial charge in [-0.1, -0.05) is 35.9 Å². The summed E-state index contributed by atoms with van der Waals surface area (Å²) >= 11 is 7.78. The fourth-order valence-corrected chi connectivity index (χ4v) is 4.25. The molecule has 0 atom stereocenters. The molecule has 1 amide bonds. The fourth-order valence-electron chi connectivity index (χ4n) is 2.81. The number of fused-ring (bicyclic) bond motifs is 1. The largest absolute Gasteiger partial charge is 0.490 e. The molecule has 0 aliphatic heterocycles. The van der Waals surface area contributed by atoms with Crippen molar-refractivity contribution in [1.82, 2.24) is 5.32 Å². The zero-order chi connectivity index (χ0) is 19.2. The molecule has 0 saturated heterocycles. The predicted molar refractivity (Wildman–Crippen MR) is 112 cm³/mol. The Labute approximate surface area is 168 Å². The summed E-state index contributed by atoms with van der Waals surface area (Å²) in [5.41, 5.74) is 1.07. The van der Waals surface area contributed by atoms with E-state index in [1.165, 1.54) is 11.3 Å². The molecular formula is C21H22ClNO3S. The van der Waals surface area contributed by atoms with Crippen LogP contribution in [0.5, 0.6) is 11.5 Å². The number of carbonyl (C=O) groups excluding carboxylic acids is 1. The highest BCUT2D eigenvalue weighted by Crippen LogP contribution is 2.35. The van der Waals surface area contributed by atoms with Gasteiger partial charge in [0.05, 0.1) is 18.2 Å². The second-order valence-corrected chi connectivity index (χ2v) is 7.32. The Bertz CT molecular complexity index is 938. The zero-order valence-electron chi connectivity index (χ0n) is 15.4. The lowest BCUT2D eigenvalue weighted by molar-refractivity contribution is 0.0958. The number of ether oxygens (including phenoxy) is 2. The van der Waals surface area contributed by atoms with Crippen molar-refractivity contribution in [3.05, 3.63) is 57.9 Å². The number of hydrogen-bond donors (Lipinski definition) is 1. The van der Waals surface area contributed by atoms with Crippen molar-refractivity contribution >= 4 is 38.9 Å². The molecule has 1 aromatic heterocycles. The molecule has 0 aliphatic carbocycles. The molecule has 2 aromatic carbocycles. The van der Waals surface area contributed by atoms with E-state index in [0.29, 0.717) is 36.1 Å². The highest BCUT2D eigenvalue weighted by Gasteiger charge is 2.16. The highest BCUT2D eigenvalue weighted by atomic mass is 35.5. The minimum absolute atomic E-state index is 0.142. The summed E-state index contributed by atoms with van der Waals surface area (Å²) in [4.78, 5) is 13.1. The standard InChI is InChI=1S/C21H22ClNO3S/c1-3-25-16-10-9-14(13-17(16)26-4-2)11-12-23-21(24)20-19(22)15-7-5-6-8-18(15)27-20/h5-10,13H,3-4,11-12H2,1-2H3,(H,23,24). The maximum absolute atomic E-state index is 12.5. The summed E-state index contributed by atoms with van der Waals surface area (Å²) in [6.45, 7) is 5.56. The maximum Gasteiger partial charge on any atom is 0.262 e. The summed E-state index contributed by atoms with van der Waals surface area (Å²) in [7, 11) is 0. The van der Waals surface area contributed by atoms with Gasteiger partial charge < -0.3 is 14.8 Å². The average molecular weight is 404 g/mol. The zero-order valence-corrected chi connectivity index (χ0v) is 17.0. The van der Waals surface area contributed by atoms with E-state index >= 15 is 0 Å². The monoisotopic (exact) mass is 403 g/mol. The summed E-state index contributed by atoms with van der Waals surface area (Å²) < 4.78 is 12.2. The van der Waals surface area contributed by atoms with E-state index in [4.69, 9.17) is 21.1 Å². The molecule has 6 heteroatoms. The van der Waals surface area contributed by atoms with E-state index in [-0.39, 0.29) is 5.91 Å². The van der Waals surface area contributed by atoms with Gasteiger partial charge in [-0.15, -0.1) is 11.3 Å². The van der Waals surface area contributed by atoms with E-state index in [0.717, 1.165) is 27.1 Å². The smallest absolute Gasteiger partial charge is 0.262 e. The van der Waals surface area contributed by atoms with E-state index in [1.54, 1.807) is 0 Å². The van der Waals surface area contributed by atoms with Crippen LogP contribution in [0, 0.1) is 0 Å². The third-order valence-corrected chi connectivity index (χ3v) is 5.72. The van der Waals surface area contributed by atoms with Crippen LogP contribution in [0.15, 0.2) is 42.5 Å². The number of halogens is 1. The van der Waals surface area contributed by atoms with E-state index < -0.39 is 0 Å². The van der Waals surface area contributed by atoms with Crippen molar-refractivity contribution in [2.45, 2.75) is 20.3 Å². The van der Waals surface area contributed by atoms with Crippen LogP contribution in [-0.2, 0) is 6.42 Å². The molecule has 1 heterocycles. The summed E-state index contributed by atoms with van der Waals surface area (Å²) in [5, 5.41) is 4.40. The first kappa shape index (κ1) is 19.5. The van der Waals surface area contributed by atoms with Crippen molar-refractivity contribution in [3.8, 4) is 11.5 Å². The Kier molecular flexibility index (Phi) is 6.58. The van der Waals surface area contributed by atoms with Gasteiger partial charge >= 0.3 is 0 Å². The van der Waals surface area contributed by atoms with E-state index in [9.17, 15) is 4.79 Å². The van der Waals surface area contributed by atoms with Crippen molar-refractivity contribution < 1.29 is 14.3 Å². The first-order valence-corrected chi connectivity index (χ1v) is 10.2. The number of carbonyl (C=O) groups is 1. The van der Waals surface area contributed by atoms with Gasteiger partial charge in [-0.05, 0) is 44.0 Å². The second-order valence-electron chi connectivity index (χ2n) is 5.89. The summed E-state index contributed by atoms with van der Waals surface area (Å²) in [6, 6.07) is 13.6. The minimum atomic E-state index is -0.142. The van der Waals surface area contributed by atoms with E-state index in [1.807, 2.05) is 56.3 Å². The Morgan fingerprint density at radius 2 is 1.81 bits per heavy atom. The topological polar surface area (TPSA) is 47.6 Å². The minimum Gasteiger partial charge on any atom is -0.490 e. The third kappa shape index (κ3) is 4.54. The van der Waals surface area contributed by atoms with Crippen LogP contribution in [0.4, 0.5) is 0 Å². The molecule has 0 unspecified atom stereocenters. The lowest BCUT2D eigenvalue weighted by Crippen LogP contribution is -2.25. The quantitative estimate of drug-likeness (QED) is 0.553. The molecule has 0 radical (unpaired) electrons. The SMILES string of the molecule is CCOc1ccc(CCNC(=O)c2sc3ccccc3c2Cl)cc1OCC. The summed E-state index contributed by atoms with van der Waals surface area (Å²) in [6.07, 6.45) is 0.695. The van der Waals surface area contributed by atoms with Crippen LogP contribution >= 0.6 is 22.9 Å². The predicted octanol–water partition coefficient (Wildman–Crippen LogP) is 5.32. The Morgan fingerprint density at radius 3 is 2.56 bits per heavy atom. The van der Waals surface area contributed by atoms with E-state index in [2.05, 4.69) is 5.32 Å². The van der Waals surface area contributed by atoms with Crippen LogP contribution in [0.3, 0.4) is 0 Å². The normalized spacial score (nSPS) is 10.8. The number of amides is 1. The summed E-state index contributed by atoms with van der Waals surface area (Å²) in [5.74, 6) is 1.33. The first-order chi connectivity index (χ1) is 13.1. The first-order valence-electron chi connectivity index (χ1n) is 8.97. The molecule has 0 bridgehead atoms. The van der Waals surface area contributed by atoms with Crippen molar-refractivity contribution in [2.75, 3.05) is 19.8 Å². The van der Waals surface area contributed by atoms with Crippen LogP contribution in [0.1, 0.15) is 29.1 Å². The molecule has 3 rings (SSSR count). The lowest BCUT2D eigenvalue weighted by atomic mass is 10.1. The molecule has 1 N–H and O–H groups in total. The van der Waals surface area contributed by atoms with Gasteiger partial charge in [0, 0.05) is 16.6 Å². The number of nitrogens with one attached hydrogen (secondary N) is 1. The molecule has 0 fully saturated rings. The fraction of sp³-hybridized carbons (Fsp3) is 0.286. The Hall–Kier alpha value is -2.24. The molecule has 27 heavy (non-hydrogen) atoms. The second kappa shape index (κ2) is 9.11. The molecule has 0 saturated carbocycles. The average Bonchev–Trinajstić information content (AvgIpc) is 3.01. The highest BCUT2D eigenvalue weighted by molar-refractivity contribution is 7.21. The van der Waals surface area contributed by atoms with Crippen molar-refractivity contribution in [3.63, 3.8) is 0 Å². The lowest BCUT2D eigenvalue weighted by Gasteiger charge is -2.12. The molecule has 3 aromatic rings. The molecule has 0 aliphatic rings. The van der Waals surface area contributed by atoms with Gasteiger partial charge in [0.2, 0.25) is 0 Å². The van der Waals surface area contributed by atoms with Crippen LogP contribution in [0.25, 0.3) is 10.1 Å². The molecule has 4 nitrogen and oxygen atoms in total. The number of benzene rings is 2. The van der Waals surface area contributed by atoms with Gasteiger partial charge in [0.25, 0.3) is 5.91 Å². The number of hydrogen-bond acceptors (Lipinski definition) is 4. The Morgan fingerprint density at radius 1 is 1.07 bits per heavy atom. The van der Waals surface area contributed by atoms with Gasteiger partial charge in [-0.25, -0.2) is 0 Å². The van der Waals surface area contributed by atoms with Gasteiger partial charge in [-0.3, -0.25) is 4.79 Å². The molecular weight excluding hydrogens is 382 g/mol. The van der Waals surface area contributed by atoms with Crippen LogP contribution < -0.4 is 14.8 Å². The number of thiophene rings is 1. The number of rotatable bonds is 8. The maximum atomic E-state index is 12.5. The van der Waals surface area contributed by atoms with Gasteiger partial charge in [-0.2, -0.15) is 0 Å². The van der Waals surface area contributed by atoms with Crippen molar-refractivity contribution in [1.29, 1.82) is 0 Å². The van der Waals surface area contributed by atoms with Gasteiger partial charge in [0.15, 0.2) is 11.5 Å². The van der Waals surface area contributed by atoms with Gasteiger partial charge in [0.1, 0.15) is 4.88 Å². The Balaban J connectivity index is 1.64. The van der Waals surface area contributed by atoms with Crippen molar-refractivity contribution in [2.24, 2.45) is 0 Å². The van der Waals surface area contributed by atoms with Crippen LogP contribution in [0.2, 0.25) is 5.02 Å². The molecule has 142 valence electrons. The molecule has 0 spiro atoms.